The molecule has 5 heteroatoms. The minimum Gasteiger partial charge on any atom is -0.381 e. The Balaban J connectivity index is 2.11. The normalized spacial score (nSPS) is 26.1. The zero-order valence-corrected chi connectivity index (χ0v) is 14.4. The SMILES string of the molecule is COC1CC(NC(C)c2ccc(Cl)c(Cl)c2Cl)C1(C)C. The van der Waals surface area contributed by atoms with Gasteiger partial charge in [-0.15, -0.1) is 0 Å². The van der Waals surface area contributed by atoms with E-state index in [1.165, 1.54) is 0 Å². The third-order valence-electron chi connectivity index (χ3n) is 4.44. The molecule has 2 nitrogen and oxygen atoms in total. The molecular weight excluding hydrogens is 317 g/mol. The van der Waals surface area contributed by atoms with Crippen LogP contribution in [0.2, 0.25) is 15.1 Å². The number of ether oxygens (including phenoxy) is 1. The van der Waals surface area contributed by atoms with Crippen molar-refractivity contribution in [3.63, 3.8) is 0 Å². The number of hydrogen-bond acceptors (Lipinski definition) is 2. The Bertz CT molecular complexity index is 504. The van der Waals surface area contributed by atoms with Crippen LogP contribution < -0.4 is 5.32 Å². The van der Waals surface area contributed by atoms with Crippen LogP contribution in [0.1, 0.15) is 38.8 Å². The summed E-state index contributed by atoms with van der Waals surface area (Å²) in [5.41, 5.74) is 1.09. The van der Waals surface area contributed by atoms with E-state index in [2.05, 4.69) is 26.1 Å². The van der Waals surface area contributed by atoms with Gasteiger partial charge in [-0.05, 0) is 25.0 Å². The Morgan fingerprint density at radius 1 is 1.25 bits per heavy atom. The second-order valence-electron chi connectivity index (χ2n) is 5.99. The fourth-order valence-corrected chi connectivity index (χ4v) is 3.54. The van der Waals surface area contributed by atoms with Gasteiger partial charge < -0.3 is 10.1 Å². The predicted octanol–water partition coefficient (Wildman–Crippen LogP) is 5.11. The van der Waals surface area contributed by atoms with E-state index in [1.807, 2.05) is 6.07 Å². The zero-order chi connectivity index (χ0) is 15.1. The molecule has 0 radical (unpaired) electrons. The van der Waals surface area contributed by atoms with Crippen LogP contribution in [0.4, 0.5) is 0 Å². The van der Waals surface area contributed by atoms with E-state index in [0.717, 1.165) is 12.0 Å². The number of nitrogens with one attached hydrogen (secondary N) is 1. The second kappa shape index (κ2) is 6.02. The van der Waals surface area contributed by atoms with Crippen molar-refractivity contribution in [3.8, 4) is 0 Å². The Hall–Kier alpha value is 0.01000. The minimum absolute atomic E-state index is 0.111. The Morgan fingerprint density at radius 2 is 1.90 bits per heavy atom. The van der Waals surface area contributed by atoms with Crippen molar-refractivity contribution in [3.05, 3.63) is 32.8 Å². The smallest absolute Gasteiger partial charge is 0.0781 e. The van der Waals surface area contributed by atoms with E-state index in [-0.39, 0.29) is 11.5 Å². The molecule has 0 saturated heterocycles. The highest BCUT2D eigenvalue weighted by atomic mass is 35.5. The van der Waals surface area contributed by atoms with Crippen molar-refractivity contribution in [2.45, 2.75) is 45.4 Å². The number of methoxy groups -OCH3 is 1. The fraction of sp³-hybridized carbons (Fsp3) is 0.600. The van der Waals surface area contributed by atoms with E-state index in [9.17, 15) is 0 Å². The molecule has 1 saturated carbocycles. The van der Waals surface area contributed by atoms with E-state index in [1.54, 1.807) is 13.2 Å². The number of benzene rings is 1. The van der Waals surface area contributed by atoms with Crippen molar-refractivity contribution < 1.29 is 4.74 Å². The Kier molecular flexibility index (Phi) is 4.93. The van der Waals surface area contributed by atoms with Crippen LogP contribution >= 0.6 is 34.8 Å². The molecule has 0 spiro atoms. The van der Waals surface area contributed by atoms with E-state index >= 15 is 0 Å². The monoisotopic (exact) mass is 335 g/mol. The minimum atomic E-state index is 0.111. The molecule has 1 aromatic carbocycles. The molecule has 0 aromatic heterocycles. The van der Waals surface area contributed by atoms with Crippen molar-refractivity contribution in [1.29, 1.82) is 0 Å². The van der Waals surface area contributed by atoms with Crippen molar-refractivity contribution in [2.75, 3.05) is 7.11 Å². The standard InChI is InChI=1S/C15H20Cl3NO/c1-8(9-5-6-10(16)14(18)13(9)17)19-11-7-12(20-4)15(11,2)3/h5-6,8,11-12,19H,7H2,1-4H3. The summed E-state index contributed by atoms with van der Waals surface area (Å²) in [4.78, 5) is 0. The molecular formula is C15H20Cl3NO. The van der Waals surface area contributed by atoms with Gasteiger partial charge in [0.1, 0.15) is 0 Å². The number of halogens is 3. The van der Waals surface area contributed by atoms with Crippen LogP contribution in [0.3, 0.4) is 0 Å². The highest BCUT2D eigenvalue weighted by Gasteiger charge is 2.48. The van der Waals surface area contributed by atoms with Gasteiger partial charge in [-0.25, -0.2) is 0 Å². The Morgan fingerprint density at radius 3 is 2.45 bits per heavy atom. The van der Waals surface area contributed by atoms with Gasteiger partial charge in [0.05, 0.1) is 21.2 Å². The van der Waals surface area contributed by atoms with Crippen molar-refractivity contribution in [1.82, 2.24) is 5.32 Å². The molecule has 20 heavy (non-hydrogen) atoms. The third-order valence-corrected chi connectivity index (χ3v) is 5.75. The van der Waals surface area contributed by atoms with Gasteiger partial charge in [0.2, 0.25) is 0 Å². The summed E-state index contributed by atoms with van der Waals surface area (Å²) in [5.74, 6) is 0. The molecule has 1 aliphatic rings. The average Bonchev–Trinajstić information content (AvgIpc) is 2.40. The van der Waals surface area contributed by atoms with E-state index in [0.29, 0.717) is 27.2 Å². The summed E-state index contributed by atoms with van der Waals surface area (Å²) in [6.07, 6.45) is 1.31. The zero-order valence-electron chi connectivity index (χ0n) is 12.1. The van der Waals surface area contributed by atoms with Crippen LogP contribution in [-0.2, 0) is 4.74 Å². The largest absolute Gasteiger partial charge is 0.381 e. The molecule has 112 valence electrons. The first-order valence-electron chi connectivity index (χ1n) is 6.71. The summed E-state index contributed by atoms with van der Waals surface area (Å²) in [7, 11) is 1.77. The van der Waals surface area contributed by atoms with Crippen LogP contribution in [0.5, 0.6) is 0 Å². The van der Waals surface area contributed by atoms with Crippen LogP contribution in [-0.4, -0.2) is 19.3 Å². The molecule has 0 heterocycles. The molecule has 1 aliphatic carbocycles. The highest BCUT2D eigenvalue weighted by molar-refractivity contribution is 6.48. The quantitative estimate of drug-likeness (QED) is 0.771. The summed E-state index contributed by atoms with van der Waals surface area (Å²) >= 11 is 18.3. The lowest BCUT2D eigenvalue weighted by molar-refractivity contribution is -0.0999. The third kappa shape index (κ3) is 2.82. The van der Waals surface area contributed by atoms with Gasteiger partial charge in [0, 0.05) is 24.6 Å². The van der Waals surface area contributed by atoms with E-state index < -0.39 is 0 Å². The molecule has 1 fully saturated rings. The molecule has 3 unspecified atom stereocenters. The van der Waals surface area contributed by atoms with Gasteiger partial charge >= 0.3 is 0 Å². The van der Waals surface area contributed by atoms with Crippen LogP contribution in [0, 0.1) is 5.41 Å². The first kappa shape index (κ1) is 16.4. The number of hydrogen-bond donors (Lipinski definition) is 1. The molecule has 1 N–H and O–H groups in total. The van der Waals surface area contributed by atoms with E-state index in [4.69, 9.17) is 39.5 Å². The maximum atomic E-state index is 6.28. The van der Waals surface area contributed by atoms with Gasteiger partial charge in [0.15, 0.2) is 0 Å². The maximum Gasteiger partial charge on any atom is 0.0781 e. The van der Waals surface area contributed by atoms with Crippen LogP contribution in [0.25, 0.3) is 0 Å². The second-order valence-corrected chi connectivity index (χ2v) is 7.15. The van der Waals surface area contributed by atoms with Crippen molar-refractivity contribution in [2.24, 2.45) is 5.41 Å². The van der Waals surface area contributed by atoms with Gasteiger partial charge in [-0.3, -0.25) is 0 Å². The molecule has 3 atom stereocenters. The lowest BCUT2D eigenvalue weighted by Gasteiger charge is -2.52. The molecule has 2 rings (SSSR count). The Labute approximate surface area is 135 Å². The van der Waals surface area contributed by atoms with Gasteiger partial charge in [0.25, 0.3) is 0 Å². The summed E-state index contributed by atoms with van der Waals surface area (Å²) in [6.45, 7) is 6.51. The molecule has 0 bridgehead atoms. The van der Waals surface area contributed by atoms with Gasteiger partial charge in [-0.1, -0.05) is 54.7 Å². The topological polar surface area (TPSA) is 21.3 Å². The fourth-order valence-electron chi connectivity index (χ4n) is 2.84. The first-order chi connectivity index (χ1) is 9.28. The molecule has 1 aromatic rings. The summed E-state index contributed by atoms with van der Waals surface area (Å²) < 4.78 is 5.47. The predicted molar refractivity (Wildman–Crippen MR) is 86.0 cm³/mol. The number of rotatable bonds is 4. The van der Waals surface area contributed by atoms with Crippen molar-refractivity contribution >= 4 is 34.8 Å². The van der Waals surface area contributed by atoms with Gasteiger partial charge in [-0.2, -0.15) is 0 Å². The molecule has 0 amide bonds. The average molecular weight is 337 g/mol. The lowest BCUT2D eigenvalue weighted by Crippen LogP contribution is -2.60. The summed E-state index contributed by atoms with van der Waals surface area (Å²) in [5, 5.41) is 5.04. The lowest BCUT2D eigenvalue weighted by atomic mass is 9.64. The first-order valence-corrected chi connectivity index (χ1v) is 7.84. The molecule has 0 aliphatic heterocycles. The maximum absolute atomic E-state index is 6.28. The highest BCUT2D eigenvalue weighted by Crippen LogP contribution is 2.44. The summed E-state index contributed by atoms with van der Waals surface area (Å²) in [6, 6.07) is 4.22. The van der Waals surface area contributed by atoms with Crippen LogP contribution in [0.15, 0.2) is 12.1 Å².